The molecule has 3 saturated carbocycles. The van der Waals surface area contributed by atoms with E-state index < -0.39 is 24.5 Å². The summed E-state index contributed by atoms with van der Waals surface area (Å²) in [5.74, 6) is -0.647. The van der Waals surface area contributed by atoms with Gasteiger partial charge in [-0.05, 0) is 54.3 Å². The molecule has 4 aliphatic rings. The first kappa shape index (κ1) is 24.5. The molecule has 4 fully saturated rings. The van der Waals surface area contributed by atoms with E-state index in [4.69, 9.17) is 18.9 Å². The highest BCUT2D eigenvalue weighted by molar-refractivity contribution is 5.67. The van der Waals surface area contributed by atoms with Gasteiger partial charge in [-0.15, -0.1) is 0 Å². The van der Waals surface area contributed by atoms with Crippen LogP contribution in [0.1, 0.15) is 87.0 Å². The predicted octanol–water partition coefficient (Wildman–Crippen LogP) is 4.61. The molecule has 9 unspecified atom stereocenters. The molecule has 0 spiro atoms. The quantitative estimate of drug-likeness (QED) is 0.445. The SMILES string of the molecule is CC(=O)OC1CC2(C)C3C(OC(C)=O)OC(OC(C)=O)C3CCC2C2(C)CCCC(C)(C)C12. The van der Waals surface area contributed by atoms with Crippen LogP contribution >= 0.6 is 0 Å². The van der Waals surface area contributed by atoms with Gasteiger partial charge in [-0.25, -0.2) is 0 Å². The van der Waals surface area contributed by atoms with Crippen molar-refractivity contribution in [1.29, 1.82) is 0 Å². The highest BCUT2D eigenvalue weighted by Crippen LogP contribution is 2.71. The fourth-order valence-corrected chi connectivity index (χ4v) is 8.95. The summed E-state index contributed by atoms with van der Waals surface area (Å²) in [5.41, 5.74) is -0.246. The van der Waals surface area contributed by atoms with E-state index >= 15 is 0 Å². The molecular weight excluding hydrogens is 424 g/mol. The molecule has 0 aromatic rings. The van der Waals surface area contributed by atoms with Crippen molar-refractivity contribution in [2.24, 2.45) is 39.9 Å². The van der Waals surface area contributed by atoms with Gasteiger partial charge in [0.15, 0.2) is 0 Å². The second-order valence-electron chi connectivity index (χ2n) is 12.1. The predicted molar refractivity (Wildman–Crippen MR) is 119 cm³/mol. The van der Waals surface area contributed by atoms with Gasteiger partial charge in [0.05, 0.1) is 0 Å². The van der Waals surface area contributed by atoms with Crippen LogP contribution in [0.5, 0.6) is 0 Å². The Hall–Kier alpha value is -1.63. The van der Waals surface area contributed by atoms with Crippen LogP contribution in [0.25, 0.3) is 0 Å². The Morgan fingerprint density at radius 2 is 1.39 bits per heavy atom. The lowest BCUT2D eigenvalue weighted by molar-refractivity contribution is -0.244. The maximum absolute atomic E-state index is 12.2. The molecular formula is C26H40O7. The van der Waals surface area contributed by atoms with Crippen molar-refractivity contribution >= 4 is 17.9 Å². The van der Waals surface area contributed by atoms with Crippen molar-refractivity contribution in [3.63, 3.8) is 0 Å². The van der Waals surface area contributed by atoms with Gasteiger partial charge in [0, 0.05) is 38.5 Å². The van der Waals surface area contributed by atoms with Gasteiger partial charge in [-0.3, -0.25) is 14.4 Å². The third-order valence-electron chi connectivity index (χ3n) is 9.50. The minimum atomic E-state index is -0.778. The smallest absolute Gasteiger partial charge is 0.304 e. The molecule has 0 amide bonds. The van der Waals surface area contributed by atoms with Crippen LogP contribution in [0.2, 0.25) is 0 Å². The van der Waals surface area contributed by atoms with Crippen molar-refractivity contribution in [2.75, 3.05) is 0 Å². The highest BCUT2D eigenvalue weighted by atomic mass is 16.8. The lowest BCUT2D eigenvalue weighted by Gasteiger charge is -2.67. The molecule has 1 aliphatic heterocycles. The first-order valence-corrected chi connectivity index (χ1v) is 12.5. The Morgan fingerprint density at radius 3 is 2.00 bits per heavy atom. The zero-order chi connectivity index (χ0) is 24.3. The summed E-state index contributed by atoms with van der Waals surface area (Å²) in [5, 5.41) is 0. The lowest BCUT2D eigenvalue weighted by atomic mass is 9.38. The Morgan fingerprint density at radius 1 is 0.788 bits per heavy atom. The normalized spacial score (nSPS) is 45.7. The molecule has 186 valence electrons. The van der Waals surface area contributed by atoms with Crippen LogP contribution in [-0.2, 0) is 33.3 Å². The second kappa shape index (κ2) is 8.24. The minimum absolute atomic E-state index is 0.0138. The molecule has 0 aromatic carbocycles. The molecule has 1 saturated heterocycles. The Balaban J connectivity index is 1.78. The van der Waals surface area contributed by atoms with Gasteiger partial charge in [0.25, 0.3) is 0 Å². The second-order valence-corrected chi connectivity index (χ2v) is 12.1. The van der Waals surface area contributed by atoms with Gasteiger partial charge in [-0.1, -0.05) is 34.1 Å². The van der Waals surface area contributed by atoms with Gasteiger partial charge in [0.1, 0.15) is 6.10 Å². The maximum Gasteiger partial charge on any atom is 0.304 e. The van der Waals surface area contributed by atoms with E-state index in [0.29, 0.717) is 12.3 Å². The summed E-state index contributed by atoms with van der Waals surface area (Å²) in [6.07, 6.45) is 4.16. The molecule has 0 aromatic heterocycles. The number of esters is 3. The summed E-state index contributed by atoms with van der Waals surface area (Å²) < 4.78 is 23.3. The van der Waals surface area contributed by atoms with E-state index in [1.807, 2.05) is 0 Å². The summed E-state index contributed by atoms with van der Waals surface area (Å²) in [6, 6.07) is 0. The molecule has 0 radical (unpaired) electrons. The average Bonchev–Trinajstić information content (AvgIpc) is 2.96. The monoisotopic (exact) mass is 464 g/mol. The number of carbonyl (C=O) groups is 3. The fraction of sp³-hybridized carbons (Fsp3) is 0.885. The molecule has 7 nitrogen and oxygen atoms in total. The first-order valence-electron chi connectivity index (χ1n) is 12.5. The van der Waals surface area contributed by atoms with Gasteiger partial charge in [-0.2, -0.15) is 0 Å². The Labute approximate surface area is 197 Å². The van der Waals surface area contributed by atoms with Gasteiger partial charge >= 0.3 is 17.9 Å². The first-order chi connectivity index (χ1) is 15.3. The molecule has 1 heterocycles. The van der Waals surface area contributed by atoms with E-state index in [-0.39, 0.29) is 46.1 Å². The average molecular weight is 465 g/mol. The summed E-state index contributed by atoms with van der Waals surface area (Å²) >= 11 is 0. The third kappa shape index (κ3) is 3.98. The van der Waals surface area contributed by atoms with Crippen LogP contribution in [0.4, 0.5) is 0 Å². The van der Waals surface area contributed by atoms with Crippen molar-refractivity contribution in [3.05, 3.63) is 0 Å². The van der Waals surface area contributed by atoms with E-state index in [1.165, 1.54) is 20.8 Å². The summed E-state index contributed by atoms with van der Waals surface area (Å²) in [6.45, 7) is 13.5. The van der Waals surface area contributed by atoms with Crippen LogP contribution in [0.3, 0.4) is 0 Å². The van der Waals surface area contributed by atoms with Crippen LogP contribution in [0.15, 0.2) is 0 Å². The van der Waals surface area contributed by atoms with Gasteiger partial charge in [0.2, 0.25) is 12.6 Å². The zero-order valence-electron chi connectivity index (χ0n) is 21.1. The minimum Gasteiger partial charge on any atom is -0.462 e. The summed E-state index contributed by atoms with van der Waals surface area (Å²) in [7, 11) is 0. The molecule has 4 rings (SSSR count). The van der Waals surface area contributed by atoms with Crippen LogP contribution in [-0.4, -0.2) is 36.6 Å². The van der Waals surface area contributed by atoms with Crippen molar-refractivity contribution in [1.82, 2.24) is 0 Å². The Bertz CT molecular complexity index is 821. The largest absolute Gasteiger partial charge is 0.462 e. The van der Waals surface area contributed by atoms with E-state index in [1.54, 1.807) is 0 Å². The van der Waals surface area contributed by atoms with E-state index in [0.717, 1.165) is 32.1 Å². The highest BCUT2D eigenvalue weighted by Gasteiger charge is 2.69. The molecule has 33 heavy (non-hydrogen) atoms. The number of ether oxygens (including phenoxy) is 4. The number of rotatable bonds is 3. The number of hydrogen-bond donors (Lipinski definition) is 0. The van der Waals surface area contributed by atoms with Crippen molar-refractivity contribution < 1.29 is 33.3 Å². The third-order valence-corrected chi connectivity index (χ3v) is 9.50. The number of hydrogen-bond acceptors (Lipinski definition) is 7. The number of carbonyl (C=O) groups excluding carboxylic acids is 3. The van der Waals surface area contributed by atoms with E-state index in [9.17, 15) is 14.4 Å². The van der Waals surface area contributed by atoms with Crippen molar-refractivity contribution in [2.45, 2.75) is 106 Å². The molecule has 0 bridgehead atoms. The fourth-order valence-electron chi connectivity index (χ4n) is 8.95. The molecule has 3 aliphatic carbocycles. The maximum atomic E-state index is 12.2. The molecule has 9 atom stereocenters. The van der Waals surface area contributed by atoms with E-state index in [2.05, 4.69) is 27.7 Å². The lowest BCUT2D eigenvalue weighted by Crippen LogP contribution is -2.65. The van der Waals surface area contributed by atoms with Crippen molar-refractivity contribution in [3.8, 4) is 0 Å². The van der Waals surface area contributed by atoms with Gasteiger partial charge < -0.3 is 18.9 Å². The standard InChI is InChI=1S/C26H40O7/c1-14(27)30-18-13-26(7)19(25(6)12-8-11-24(4,5)21(18)25)10-9-17-20(26)23(32-16(3)29)33-22(17)31-15(2)28/h17-23H,8-13H2,1-7H3. The summed E-state index contributed by atoms with van der Waals surface area (Å²) in [4.78, 5) is 36.0. The Kier molecular flexibility index (Phi) is 6.12. The topological polar surface area (TPSA) is 88.1 Å². The molecule has 0 N–H and O–H groups in total. The van der Waals surface area contributed by atoms with Crippen LogP contribution < -0.4 is 0 Å². The number of fused-ring (bicyclic) bond motifs is 5. The zero-order valence-corrected chi connectivity index (χ0v) is 21.1. The molecule has 7 heteroatoms. The van der Waals surface area contributed by atoms with Crippen LogP contribution in [0, 0.1) is 39.9 Å².